The molecule has 0 spiro atoms. The van der Waals surface area contributed by atoms with Gasteiger partial charge in [0.05, 0.1) is 10.8 Å². The Labute approximate surface area is 118 Å². The third kappa shape index (κ3) is 2.10. The van der Waals surface area contributed by atoms with E-state index in [1.165, 1.54) is 0 Å². The zero-order chi connectivity index (χ0) is 14.1. The minimum atomic E-state index is 0.750. The zero-order valence-electron chi connectivity index (χ0n) is 11.8. The first-order valence-electron chi connectivity index (χ1n) is 6.85. The summed E-state index contributed by atoms with van der Waals surface area (Å²) in [5.41, 5.74) is 1.60. The van der Waals surface area contributed by atoms with E-state index in [2.05, 4.69) is 11.0 Å². The Morgan fingerprint density at radius 1 is 0.900 bits per heavy atom. The Morgan fingerprint density at radius 2 is 1.50 bits per heavy atom. The van der Waals surface area contributed by atoms with Crippen LogP contribution in [0.2, 0.25) is 0 Å². The standard InChI is InChI=1S/C17H18N2O/c1-18(2)12-11-17-15-8-4-3-7-13(15)14-9-5-6-10-16(14)19(17)20/h3-10H,11-12H2,1-2H3. The smallest absolute Gasteiger partial charge is 0.224 e. The molecule has 3 rings (SSSR count). The summed E-state index contributed by atoms with van der Waals surface area (Å²) < 4.78 is 1.10. The zero-order valence-corrected chi connectivity index (χ0v) is 11.8. The molecular weight excluding hydrogens is 248 g/mol. The maximum absolute atomic E-state index is 12.7. The van der Waals surface area contributed by atoms with E-state index in [9.17, 15) is 5.21 Å². The van der Waals surface area contributed by atoms with Crippen LogP contribution in [0.3, 0.4) is 0 Å². The Balaban J connectivity index is 2.32. The minimum Gasteiger partial charge on any atom is -0.618 e. The molecule has 0 atom stereocenters. The highest BCUT2D eigenvalue weighted by Crippen LogP contribution is 2.25. The van der Waals surface area contributed by atoms with Crippen LogP contribution < -0.4 is 4.73 Å². The van der Waals surface area contributed by atoms with E-state index in [1.807, 2.05) is 56.6 Å². The molecule has 3 heteroatoms. The molecule has 1 aromatic heterocycles. The van der Waals surface area contributed by atoms with Gasteiger partial charge in [-0.1, -0.05) is 30.3 Å². The Morgan fingerprint density at radius 3 is 2.20 bits per heavy atom. The van der Waals surface area contributed by atoms with Crippen molar-refractivity contribution in [1.29, 1.82) is 0 Å². The lowest BCUT2D eigenvalue weighted by Crippen LogP contribution is -2.35. The van der Waals surface area contributed by atoms with Gasteiger partial charge >= 0.3 is 0 Å². The van der Waals surface area contributed by atoms with E-state index >= 15 is 0 Å². The van der Waals surface area contributed by atoms with E-state index in [0.29, 0.717) is 0 Å². The minimum absolute atomic E-state index is 0.750. The molecule has 0 saturated carbocycles. The summed E-state index contributed by atoms with van der Waals surface area (Å²) in [5, 5.41) is 15.9. The fraction of sp³-hybridized carbons (Fsp3) is 0.235. The van der Waals surface area contributed by atoms with Gasteiger partial charge in [-0.05, 0) is 26.2 Å². The first kappa shape index (κ1) is 12.9. The van der Waals surface area contributed by atoms with E-state index < -0.39 is 0 Å². The molecular formula is C17H18N2O. The lowest BCUT2D eigenvalue weighted by atomic mass is 10.0. The number of aromatic nitrogens is 1. The van der Waals surface area contributed by atoms with Gasteiger partial charge in [0, 0.05) is 24.4 Å². The predicted octanol–water partition coefficient (Wildman–Crippen LogP) is 2.73. The number of hydrogen-bond acceptors (Lipinski definition) is 2. The van der Waals surface area contributed by atoms with E-state index in [-0.39, 0.29) is 0 Å². The van der Waals surface area contributed by atoms with E-state index in [1.54, 1.807) is 0 Å². The van der Waals surface area contributed by atoms with Crippen molar-refractivity contribution in [3.63, 3.8) is 0 Å². The van der Waals surface area contributed by atoms with Crippen LogP contribution in [0, 0.1) is 5.21 Å². The molecule has 0 aliphatic rings. The molecule has 0 saturated heterocycles. The molecule has 0 aliphatic heterocycles. The van der Waals surface area contributed by atoms with Crippen molar-refractivity contribution in [2.24, 2.45) is 0 Å². The Bertz CT molecular complexity index is 765. The first-order valence-corrected chi connectivity index (χ1v) is 6.85. The number of para-hydroxylation sites is 1. The topological polar surface area (TPSA) is 30.2 Å². The van der Waals surface area contributed by atoms with Crippen LogP contribution in [0.25, 0.3) is 21.7 Å². The molecule has 20 heavy (non-hydrogen) atoms. The molecule has 0 N–H and O–H groups in total. The van der Waals surface area contributed by atoms with Gasteiger partial charge in [-0.2, -0.15) is 4.73 Å². The fourth-order valence-electron chi connectivity index (χ4n) is 2.67. The molecule has 102 valence electrons. The van der Waals surface area contributed by atoms with Gasteiger partial charge in [-0.3, -0.25) is 0 Å². The Hall–Kier alpha value is -2.13. The maximum atomic E-state index is 12.7. The molecule has 3 nitrogen and oxygen atoms in total. The molecule has 0 fully saturated rings. The number of fused-ring (bicyclic) bond motifs is 3. The molecule has 3 aromatic rings. The number of likely N-dealkylation sites (N-methyl/N-ethyl adjacent to an activating group) is 1. The molecule has 2 aromatic carbocycles. The van der Waals surface area contributed by atoms with Gasteiger partial charge in [-0.15, -0.1) is 0 Å². The number of benzene rings is 2. The highest BCUT2D eigenvalue weighted by atomic mass is 16.5. The van der Waals surface area contributed by atoms with Gasteiger partial charge in [0.1, 0.15) is 0 Å². The van der Waals surface area contributed by atoms with Crippen LogP contribution in [-0.2, 0) is 6.42 Å². The van der Waals surface area contributed by atoms with Gasteiger partial charge < -0.3 is 10.1 Å². The number of nitrogens with zero attached hydrogens (tertiary/aromatic N) is 2. The summed E-state index contributed by atoms with van der Waals surface area (Å²) in [5.74, 6) is 0. The number of hydrogen-bond donors (Lipinski definition) is 0. The van der Waals surface area contributed by atoms with E-state index in [4.69, 9.17) is 0 Å². The summed E-state index contributed by atoms with van der Waals surface area (Å²) in [4.78, 5) is 2.10. The van der Waals surface area contributed by atoms with Crippen molar-refractivity contribution in [3.8, 4) is 0 Å². The van der Waals surface area contributed by atoms with Gasteiger partial charge in [0.25, 0.3) is 0 Å². The van der Waals surface area contributed by atoms with Crippen LogP contribution in [0.1, 0.15) is 5.69 Å². The molecule has 0 aliphatic carbocycles. The molecule has 0 amide bonds. The summed E-state index contributed by atoms with van der Waals surface area (Å²) >= 11 is 0. The van der Waals surface area contributed by atoms with Crippen LogP contribution in [0.15, 0.2) is 48.5 Å². The van der Waals surface area contributed by atoms with Crippen LogP contribution in [0.5, 0.6) is 0 Å². The summed E-state index contributed by atoms with van der Waals surface area (Å²) in [6, 6.07) is 16.0. The van der Waals surface area contributed by atoms with Crippen molar-refractivity contribution < 1.29 is 4.73 Å². The van der Waals surface area contributed by atoms with E-state index in [0.717, 1.165) is 45.1 Å². The van der Waals surface area contributed by atoms with Crippen molar-refractivity contribution in [3.05, 3.63) is 59.4 Å². The maximum Gasteiger partial charge on any atom is 0.224 e. The van der Waals surface area contributed by atoms with Crippen molar-refractivity contribution in [2.75, 3.05) is 20.6 Å². The fourth-order valence-corrected chi connectivity index (χ4v) is 2.67. The summed E-state index contributed by atoms with van der Waals surface area (Å²) in [6.45, 7) is 0.866. The SMILES string of the molecule is CN(C)CCc1c2ccccc2c2ccccc2[n+]1[O-]. The Kier molecular flexibility index (Phi) is 3.28. The normalized spacial score (nSPS) is 11.6. The molecule has 0 unspecified atom stereocenters. The average Bonchev–Trinajstić information content (AvgIpc) is 2.47. The third-order valence-corrected chi connectivity index (χ3v) is 3.69. The predicted molar refractivity (Wildman–Crippen MR) is 82.7 cm³/mol. The summed E-state index contributed by atoms with van der Waals surface area (Å²) in [6.07, 6.45) is 0.752. The molecule has 1 heterocycles. The van der Waals surface area contributed by atoms with Gasteiger partial charge in [-0.25, -0.2) is 0 Å². The average molecular weight is 266 g/mol. The summed E-state index contributed by atoms with van der Waals surface area (Å²) in [7, 11) is 4.05. The lowest BCUT2D eigenvalue weighted by Gasteiger charge is -2.14. The highest BCUT2D eigenvalue weighted by Gasteiger charge is 2.17. The first-order chi connectivity index (χ1) is 9.68. The highest BCUT2D eigenvalue weighted by molar-refractivity contribution is 6.04. The quantitative estimate of drug-likeness (QED) is 0.414. The monoisotopic (exact) mass is 266 g/mol. The van der Waals surface area contributed by atoms with Crippen LogP contribution >= 0.6 is 0 Å². The second-order valence-electron chi connectivity index (χ2n) is 5.36. The molecule has 0 bridgehead atoms. The van der Waals surface area contributed by atoms with Crippen LogP contribution in [-0.4, -0.2) is 25.5 Å². The van der Waals surface area contributed by atoms with Gasteiger partial charge in [0.2, 0.25) is 11.2 Å². The second kappa shape index (κ2) is 5.10. The number of pyridine rings is 1. The van der Waals surface area contributed by atoms with Crippen LogP contribution in [0.4, 0.5) is 0 Å². The molecule has 0 radical (unpaired) electrons. The second-order valence-corrected chi connectivity index (χ2v) is 5.36. The third-order valence-electron chi connectivity index (χ3n) is 3.69. The largest absolute Gasteiger partial charge is 0.618 e. The number of rotatable bonds is 3. The van der Waals surface area contributed by atoms with Gasteiger partial charge in [0.15, 0.2) is 0 Å². The van der Waals surface area contributed by atoms with Crippen molar-refractivity contribution >= 4 is 21.7 Å². The van der Waals surface area contributed by atoms with Crippen molar-refractivity contribution in [1.82, 2.24) is 4.90 Å². The lowest BCUT2D eigenvalue weighted by molar-refractivity contribution is -0.584. The van der Waals surface area contributed by atoms with Crippen molar-refractivity contribution in [2.45, 2.75) is 6.42 Å².